The summed E-state index contributed by atoms with van der Waals surface area (Å²) in [5.74, 6) is 0.856. The highest BCUT2D eigenvalue weighted by atomic mass is 16.3. The van der Waals surface area contributed by atoms with Crippen LogP contribution in [0.25, 0.3) is 11.1 Å². The summed E-state index contributed by atoms with van der Waals surface area (Å²) in [7, 11) is 0. The second kappa shape index (κ2) is 8.97. The molecular formula is C25H23N4O2. The van der Waals surface area contributed by atoms with Crippen LogP contribution in [0.2, 0.25) is 0 Å². The van der Waals surface area contributed by atoms with E-state index in [1.165, 1.54) is 5.69 Å². The van der Waals surface area contributed by atoms with Gasteiger partial charge < -0.3 is 10.0 Å². The minimum absolute atomic E-state index is 0.0534. The number of piperidine rings is 1. The fourth-order valence-electron chi connectivity index (χ4n) is 4.04. The number of aryl methyl sites for hydroxylation is 1. The van der Waals surface area contributed by atoms with Crippen molar-refractivity contribution < 1.29 is 9.90 Å². The highest BCUT2D eigenvalue weighted by Gasteiger charge is 2.22. The van der Waals surface area contributed by atoms with Gasteiger partial charge in [-0.1, -0.05) is 24.3 Å². The van der Waals surface area contributed by atoms with E-state index in [0.717, 1.165) is 37.1 Å². The van der Waals surface area contributed by atoms with Crippen molar-refractivity contribution in [3.8, 4) is 22.9 Å². The minimum atomic E-state index is -0.182. The molecule has 1 radical (unpaired) electrons. The number of carbonyl (C=O) groups excluding carboxylic acids is 1. The highest BCUT2D eigenvalue weighted by Crippen LogP contribution is 2.28. The Morgan fingerprint density at radius 3 is 2.23 bits per heavy atom. The van der Waals surface area contributed by atoms with Crippen LogP contribution in [0.1, 0.15) is 35.6 Å². The van der Waals surface area contributed by atoms with Gasteiger partial charge in [0.2, 0.25) is 0 Å². The lowest BCUT2D eigenvalue weighted by atomic mass is 9.92. The van der Waals surface area contributed by atoms with E-state index < -0.39 is 0 Å². The fourth-order valence-corrected chi connectivity index (χ4v) is 4.04. The Labute approximate surface area is 181 Å². The number of benzene rings is 2. The molecule has 1 N–H and O–H groups in total. The first-order valence-electron chi connectivity index (χ1n) is 10.4. The number of aromatic hydroxyl groups is 1. The number of nitriles is 1. The van der Waals surface area contributed by atoms with E-state index in [1.54, 1.807) is 13.2 Å². The number of hydrogen-bond donors (Lipinski definition) is 1. The molecule has 2 heterocycles. The van der Waals surface area contributed by atoms with Crippen LogP contribution in [0.4, 0.5) is 5.69 Å². The second-order valence-corrected chi connectivity index (χ2v) is 7.90. The number of nitrogens with zero attached hydrogens (tertiary/aromatic N) is 4. The van der Waals surface area contributed by atoms with Crippen molar-refractivity contribution in [1.82, 2.24) is 9.97 Å². The van der Waals surface area contributed by atoms with Crippen molar-refractivity contribution in [3.63, 3.8) is 0 Å². The third-order valence-electron chi connectivity index (χ3n) is 5.87. The van der Waals surface area contributed by atoms with Crippen LogP contribution in [-0.4, -0.2) is 34.5 Å². The van der Waals surface area contributed by atoms with Crippen LogP contribution in [-0.2, 0) is 11.2 Å². The lowest BCUT2D eigenvalue weighted by Gasteiger charge is -2.33. The third-order valence-corrected chi connectivity index (χ3v) is 5.87. The van der Waals surface area contributed by atoms with Crippen molar-refractivity contribution in [2.75, 3.05) is 18.0 Å². The van der Waals surface area contributed by atoms with Crippen LogP contribution < -0.4 is 4.90 Å². The molecule has 1 aromatic heterocycles. The molecule has 0 amide bonds. The van der Waals surface area contributed by atoms with E-state index in [9.17, 15) is 9.90 Å². The summed E-state index contributed by atoms with van der Waals surface area (Å²) in [5, 5.41) is 18.7. The summed E-state index contributed by atoms with van der Waals surface area (Å²) in [5.41, 5.74) is 4.46. The van der Waals surface area contributed by atoms with Gasteiger partial charge in [0.1, 0.15) is 5.82 Å². The second-order valence-electron chi connectivity index (χ2n) is 7.90. The van der Waals surface area contributed by atoms with Crippen molar-refractivity contribution in [2.24, 2.45) is 5.92 Å². The van der Waals surface area contributed by atoms with Gasteiger partial charge in [-0.3, -0.25) is 4.79 Å². The average Bonchev–Trinajstić information content (AvgIpc) is 2.82. The SMILES string of the molecule is Cc1nc(CC2CCN(c3ccc(-c4ccc(C#N)cc4)cc3)CC2)nc([C]=O)c1O. The summed E-state index contributed by atoms with van der Waals surface area (Å²) >= 11 is 0. The molecule has 3 aromatic rings. The number of hydrogen-bond acceptors (Lipinski definition) is 6. The Bertz CT molecular complexity index is 1110. The first-order valence-corrected chi connectivity index (χ1v) is 10.4. The predicted molar refractivity (Wildman–Crippen MR) is 118 cm³/mol. The summed E-state index contributed by atoms with van der Waals surface area (Å²) < 4.78 is 0. The number of anilines is 1. The van der Waals surface area contributed by atoms with Crippen LogP contribution in [0.15, 0.2) is 48.5 Å². The van der Waals surface area contributed by atoms with E-state index in [0.29, 0.717) is 29.4 Å². The Balaban J connectivity index is 1.37. The molecule has 2 aromatic carbocycles. The molecule has 1 aliphatic heterocycles. The predicted octanol–water partition coefficient (Wildman–Crippen LogP) is 3.95. The quantitative estimate of drug-likeness (QED) is 0.684. The topological polar surface area (TPSA) is 90.1 Å². The first-order chi connectivity index (χ1) is 15.1. The number of rotatable bonds is 5. The monoisotopic (exact) mass is 411 g/mol. The van der Waals surface area contributed by atoms with Crippen LogP contribution in [0, 0.1) is 24.2 Å². The Hall–Kier alpha value is -3.72. The van der Waals surface area contributed by atoms with Gasteiger partial charge in [-0.15, -0.1) is 0 Å². The van der Waals surface area contributed by atoms with Gasteiger partial charge in [0.15, 0.2) is 11.4 Å². The van der Waals surface area contributed by atoms with Crippen LogP contribution in [0.3, 0.4) is 0 Å². The summed E-state index contributed by atoms with van der Waals surface area (Å²) in [4.78, 5) is 21.8. The van der Waals surface area contributed by atoms with E-state index in [-0.39, 0.29) is 11.4 Å². The standard InChI is InChI=1S/C25H23N4O2/c1-17-25(31)23(16-30)28-24(27-17)14-18-10-12-29(13-11-18)22-8-6-21(7-9-22)20-4-2-19(15-26)3-5-20/h2-9,18,31H,10-14H2,1H3. The van der Waals surface area contributed by atoms with Crippen LogP contribution in [0.5, 0.6) is 5.75 Å². The molecule has 0 atom stereocenters. The number of aromatic nitrogens is 2. The van der Waals surface area contributed by atoms with E-state index in [4.69, 9.17) is 5.26 Å². The normalized spacial score (nSPS) is 14.3. The molecule has 1 saturated heterocycles. The molecule has 0 saturated carbocycles. The maximum absolute atomic E-state index is 11.0. The Kier molecular flexibility index (Phi) is 5.94. The highest BCUT2D eigenvalue weighted by molar-refractivity contribution is 5.76. The molecule has 0 bridgehead atoms. The molecule has 6 heteroatoms. The van der Waals surface area contributed by atoms with Gasteiger partial charge in [0, 0.05) is 25.2 Å². The molecule has 31 heavy (non-hydrogen) atoms. The zero-order valence-electron chi connectivity index (χ0n) is 17.4. The zero-order chi connectivity index (χ0) is 21.8. The molecule has 1 fully saturated rings. The van der Waals surface area contributed by atoms with Crippen molar-refractivity contribution in [3.05, 3.63) is 71.3 Å². The lowest BCUT2D eigenvalue weighted by molar-refractivity contribution is 0.394. The Morgan fingerprint density at radius 2 is 1.65 bits per heavy atom. The maximum atomic E-state index is 11.0. The van der Waals surface area contributed by atoms with Crippen molar-refractivity contribution in [2.45, 2.75) is 26.2 Å². The van der Waals surface area contributed by atoms with Gasteiger partial charge >= 0.3 is 0 Å². The zero-order valence-corrected chi connectivity index (χ0v) is 17.4. The van der Waals surface area contributed by atoms with Crippen LogP contribution >= 0.6 is 0 Å². The lowest BCUT2D eigenvalue weighted by Crippen LogP contribution is -2.34. The molecule has 4 rings (SSSR count). The maximum Gasteiger partial charge on any atom is 0.257 e. The third kappa shape index (κ3) is 4.56. The summed E-state index contributed by atoms with van der Waals surface area (Å²) in [6.45, 7) is 3.57. The van der Waals surface area contributed by atoms with E-state index >= 15 is 0 Å². The van der Waals surface area contributed by atoms with Crippen molar-refractivity contribution >= 4 is 12.0 Å². The molecular weight excluding hydrogens is 388 g/mol. The molecule has 0 aliphatic carbocycles. The van der Waals surface area contributed by atoms with Gasteiger partial charge in [-0.05, 0) is 61.1 Å². The molecule has 6 nitrogen and oxygen atoms in total. The summed E-state index contributed by atoms with van der Waals surface area (Å²) in [6, 6.07) is 18.3. The van der Waals surface area contributed by atoms with Gasteiger partial charge in [-0.2, -0.15) is 5.26 Å². The first kappa shape index (κ1) is 20.5. The summed E-state index contributed by atoms with van der Waals surface area (Å²) in [6.07, 6.45) is 4.42. The average molecular weight is 411 g/mol. The molecule has 0 spiro atoms. The van der Waals surface area contributed by atoms with Crippen molar-refractivity contribution in [1.29, 1.82) is 5.26 Å². The minimum Gasteiger partial charge on any atom is -0.504 e. The Morgan fingerprint density at radius 1 is 1.03 bits per heavy atom. The van der Waals surface area contributed by atoms with Gasteiger partial charge in [-0.25, -0.2) is 9.97 Å². The largest absolute Gasteiger partial charge is 0.504 e. The molecule has 0 unspecified atom stereocenters. The van der Waals surface area contributed by atoms with Gasteiger partial charge in [0.25, 0.3) is 6.29 Å². The smallest absolute Gasteiger partial charge is 0.257 e. The van der Waals surface area contributed by atoms with E-state index in [1.807, 2.05) is 24.3 Å². The van der Waals surface area contributed by atoms with E-state index in [2.05, 4.69) is 45.2 Å². The fraction of sp³-hybridized carbons (Fsp3) is 0.280. The molecule has 1 aliphatic rings. The van der Waals surface area contributed by atoms with Gasteiger partial charge in [0.05, 0.1) is 17.3 Å². The molecule has 155 valence electrons.